The Kier molecular flexibility index (Phi) is 4.73. The smallest absolute Gasteiger partial charge is 0.194 e. The summed E-state index contributed by atoms with van der Waals surface area (Å²) in [6.07, 6.45) is 6.40. The summed E-state index contributed by atoms with van der Waals surface area (Å²) in [6.45, 7) is 3.74. The van der Waals surface area contributed by atoms with Crippen molar-refractivity contribution < 1.29 is 0 Å². The van der Waals surface area contributed by atoms with Crippen molar-refractivity contribution in [2.75, 3.05) is 20.1 Å². The van der Waals surface area contributed by atoms with E-state index in [0.717, 1.165) is 31.4 Å². The molecule has 1 aromatic heterocycles. The van der Waals surface area contributed by atoms with E-state index in [9.17, 15) is 0 Å². The van der Waals surface area contributed by atoms with Crippen molar-refractivity contribution in [3.05, 3.63) is 54.1 Å². The molecular formula is C17H23N5. The second-order valence-corrected chi connectivity index (χ2v) is 5.55. The van der Waals surface area contributed by atoms with Crippen molar-refractivity contribution in [3.8, 4) is 0 Å². The van der Waals surface area contributed by atoms with Gasteiger partial charge in [0.05, 0.1) is 6.54 Å². The summed E-state index contributed by atoms with van der Waals surface area (Å²) in [5.74, 6) is 2.01. The van der Waals surface area contributed by atoms with Gasteiger partial charge in [-0.2, -0.15) is 0 Å². The van der Waals surface area contributed by atoms with Crippen LogP contribution >= 0.6 is 0 Å². The van der Waals surface area contributed by atoms with E-state index in [1.807, 2.05) is 25.5 Å². The monoisotopic (exact) mass is 297 g/mol. The minimum absolute atomic E-state index is 0.697. The molecular weight excluding hydrogens is 274 g/mol. The fraction of sp³-hybridized carbons (Fsp3) is 0.412. The number of imidazole rings is 1. The van der Waals surface area contributed by atoms with Gasteiger partial charge in [0.25, 0.3) is 0 Å². The Labute approximate surface area is 131 Å². The fourth-order valence-corrected chi connectivity index (χ4v) is 2.85. The topological polar surface area (TPSA) is 45.5 Å². The molecule has 0 aliphatic carbocycles. The first-order chi connectivity index (χ1) is 10.9. The molecule has 1 fully saturated rings. The second-order valence-electron chi connectivity index (χ2n) is 5.55. The van der Waals surface area contributed by atoms with Crippen molar-refractivity contribution in [2.45, 2.75) is 25.9 Å². The lowest BCUT2D eigenvalue weighted by molar-refractivity contribution is 0.490. The predicted octanol–water partition coefficient (Wildman–Crippen LogP) is 2.10. The Bertz CT molecular complexity index is 611. The molecule has 0 atom stereocenters. The lowest BCUT2D eigenvalue weighted by Gasteiger charge is -2.20. The molecule has 3 rings (SSSR count). The van der Waals surface area contributed by atoms with Gasteiger partial charge in [-0.3, -0.25) is 4.99 Å². The molecule has 1 saturated heterocycles. The van der Waals surface area contributed by atoms with Crippen LogP contribution in [0.25, 0.3) is 0 Å². The maximum absolute atomic E-state index is 4.47. The van der Waals surface area contributed by atoms with Gasteiger partial charge in [-0.25, -0.2) is 4.98 Å². The highest BCUT2D eigenvalue weighted by Crippen LogP contribution is 2.08. The highest BCUT2D eigenvalue weighted by atomic mass is 15.3. The van der Waals surface area contributed by atoms with E-state index in [4.69, 9.17) is 0 Å². The third-order valence-corrected chi connectivity index (χ3v) is 4.02. The predicted molar refractivity (Wildman–Crippen MR) is 88.8 cm³/mol. The fourth-order valence-electron chi connectivity index (χ4n) is 2.85. The van der Waals surface area contributed by atoms with E-state index < -0.39 is 0 Å². The van der Waals surface area contributed by atoms with Gasteiger partial charge >= 0.3 is 0 Å². The number of nitrogens with zero attached hydrogens (tertiary/aromatic N) is 4. The number of aliphatic imine (C=N–C) groups is 1. The van der Waals surface area contributed by atoms with Gasteiger partial charge in [-0.1, -0.05) is 30.3 Å². The molecule has 22 heavy (non-hydrogen) atoms. The summed E-state index contributed by atoms with van der Waals surface area (Å²) in [7, 11) is 1.84. The van der Waals surface area contributed by atoms with Crippen LogP contribution in [0.5, 0.6) is 0 Å². The maximum Gasteiger partial charge on any atom is 0.194 e. The first kappa shape index (κ1) is 14.6. The number of hydrogen-bond acceptors (Lipinski definition) is 2. The van der Waals surface area contributed by atoms with E-state index in [1.54, 1.807) is 0 Å². The number of hydrogen-bond donors (Lipinski definition) is 1. The van der Waals surface area contributed by atoms with Crippen LogP contribution in [0.3, 0.4) is 0 Å². The van der Waals surface area contributed by atoms with Crippen LogP contribution in [0.15, 0.2) is 47.7 Å². The van der Waals surface area contributed by atoms with Crippen molar-refractivity contribution in [1.82, 2.24) is 19.8 Å². The molecule has 0 saturated carbocycles. The van der Waals surface area contributed by atoms with Crippen LogP contribution in [0.1, 0.15) is 24.2 Å². The number of likely N-dealkylation sites (tertiary alicyclic amines) is 1. The summed E-state index contributed by atoms with van der Waals surface area (Å²) in [5.41, 5.74) is 1.28. The Morgan fingerprint density at radius 2 is 2.00 bits per heavy atom. The van der Waals surface area contributed by atoms with Crippen LogP contribution in [0, 0.1) is 0 Å². The summed E-state index contributed by atoms with van der Waals surface area (Å²) < 4.78 is 2.18. The summed E-state index contributed by atoms with van der Waals surface area (Å²) in [4.78, 5) is 11.2. The van der Waals surface area contributed by atoms with Crippen molar-refractivity contribution >= 4 is 5.96 Å². The summed E-state index contributed by atoms with van der Waals surface area (Å²) >= 11 is 0. The zero-order chi connectivity index (χ0) is 15.2. The molecule has 1 aliphatic heterocycles. The number of nitrogens with one attached hydrogen (secondary N) is 1. The Morgan fingerprint density at radius 3 is 2.73 bits per heavy atom. The van der Waals surface area contributed by atoms with Crippen LogP contribution in [0.4, 0.5) is 0 Å². The van der Waals surface area contributed by atoms with E-state index in [2.05, 4.69) is 49.0 Å². The first-order valence-corrected chi connectivity index (χ1v) is 7.86. The molecule has 0 bridgehead atoms. The summed E-state index contributed by atoms with van der Waals surface area (Å²) in [6, 6.07) is 10.5. The Morgan fingerprint density at radius 1 is 1.23 bits per heavy atom. The normalized spacial score (nSPS) is 15.3. The van der Waals surface area contributed by atoms with Crippen molar-refractivity contribution in [1.29, 1.82) is 0 Å². The second kappa shape index (κ2) is 7.11. The Hall–Kier alpha value is -2.30. The number of rotatable bonds is 4. The van der Waals surface area contributed by atoms with E-state index >= 15 is 0 Å². The van der Waals surface area contributed by atoms with Gasteiger partial charge in [-0.05, 0) is 18.4 Å². The van der Waals surface area contributed by atoms with Gasteiger partial charge in [-0.15, -0.1) is 0 Å². The third kappa shape index (κ3) is 3.47. The highest BCUT2D eigenvalue weighted by molar-refractivity contribution is 5.80. The largest absolute Gasteiger partial charge is 0.349 e. The average Bonchev–Trinajstić information content (AvgIpc) is 3.22. The standard InChI is InChI=1S/C17H23N5/c1-18-17(21-10-5-6-11-21)20-13-16-19-9-12-22(16)14-15-7-3-2-4-8-15/h2-4,7-9,12H,5-6,10-11,13-14H2,1H3,(H,18,20). The van der Waals surface area contributed by atoms with Gasteiger partial charge < -0.3 is 14.8 Å². The molecule has 0 radical (unpaired) electrons. The van der Waals surface area contributed by atoms with Crippen molar-refractivity contribution in [3.63, 3.8) is 0 Å². The lowest BCUT2D eigenvalue weighted by atomic mass is 10.2. The van der Waals surface area contributed by atoms with Gasteiger partial charge in [0.2, 0.25) is 0 Å². The average molecular weight is 297 g/mol. The van der Waals surface area contributed by atoms with Crippen LogP contribution < -0.4 is 5.32 Å². The zero-order valence-corrected chi connectivity index (χ0v) is 13.1. The first-order valence-electron chi connectivity index (χ1n) is 7.86. The molecule has 2 heterocycles. The molecule has 1 aromatic carbocycles. The molecule has 1 aliphatic rings. The quantitative estimate of drug-likeness (QED) is 0.694. The van der Waals surface area contributed by atoms with Gasteiger partial charge in [0, 0.05) is 39.1 Å². The van der Waals surface area contributed by atoms with Crippen LogP contribution in [-0.4, -0.2) is 40.5 Å². The number of aromatic nitrogens is 2. The number of benzene rings is 1. The maximum atomic E-state index is 4.47. The Balaban J connectivity index is 1.62. The third-order valence-electron chi connectivity index (χ3n) is 4.02. The van der Waals surface area contributed by atoms with Crippen LogP contribution in [-0.2, 0) is 13.1 Å². The highest BCUT2D eigenvalue weighted by Gasteiger charge is 2.16. The molecule has 5 heteroatoms. The molecule has 0 amide bonds. The minimum atomic E-state index is 0.697. The van der Waals surface area contributed by atoms with Gasteiger partial charge in [0.1, 0.15) is 5.82 Å². The summed E-state index contributed by atoms with van der Waals surface area (Å²) in [5, 5.41) is 3.43. The zero-order valence-electron chi connectivity index (χ0n) is 13.1. The molecule has 0 spiro atoms. The molecule has 2 aromatic rings. The van der Waals surface area contributed by atoms with E-state index in [1.165, 1.54) is 18.4 Å². The molecule has 116 valence electrons. The lowest BCUT2D eigenvalue weighted by Crippen LogP contribution is -2.39. The van der Waals surface area contributed by atoms with E-state index in [-0.39, 0.29) is 0 Å². The SMILES string of the molecule is CN=C(NCc1nccn1Cc1ccccc1)N1CCCC1. The van der Waals surface area contributed by atoms with Crippen molar-refractivity contribution in [2.24, 2.45) is 4.99 Å². The molecule has 5 nitrogen and oxygen atoms in total. The minimum Gasteiger partial charge on any atom is -0.349 e. The van der Waals surface area contributed by atoms with Gasteiger partial charge in [0.15, 0.2) is 5.96 Å². The molecule has 1 N–H and O–H groups in total. The van der Waals surface area contributed by atoms with E-state index in [0.29, 0.717) is 6.54 Å². The number of guanidine groups is 1. The van der Waals surface area contributed by atoms with Crippen LogP contribution in [0.2, 0.25) is 0 Å². The molecule has 0 unspecified atom stereocenters.